The van der Waals surface area contributed by atoms with E-state index in [1.165, 1.54) is 0 Å². The van der Waals surface area contributed by atoms with Crippen molar-refractivity contribution in [2.45, 2.75) is 46.8 Å². The van der Waals surface area contributed by atoms with E-state index in [9.17, 15) is 0 Å². The molecule has 2 aromatic rings. The lowest BCUT2D eigenvalue weighted by Crippen LogP contribution is -2.14. The number of ether oxygens (including phenoxy) is 1. The quantitative estimate of drug-likeness (QED) is 0.754. The maximum atomic E-state index is 5.92. The third kappa shape index (κ3) is 4.33. The highest BCUT2D eigenvalue weighted by atomic mass is 16.5. The lowest BCUT2D eigenvalue weighted by Gasteiger charge is -2.10. The van der Waals surface area contributed by atoms with Gasteiger partial charge >= 0.3 is 0 Å². The maximum absolute atomic E-state index is 5.92. The third-order valence-electron chi connectivity index (χ3n) is 3.34. The van der Waals surface area contributed by atoms with Crippen molar-refractivity contribution in [3.63, 3.8) is 0 Å². The Labute approximate surface area is 126 Å². The van der Waals surface area contributed by atoms with Crippen LogP contribution in [-0.4, -0.2) is 11.5 Å². The normalized spacial score (nSPS) is 10.8. The number of pyridine rings is 1. The Kier molecular flexibility index (Phi) is 5.81. The topological polar surface area (TPSA) is 47.3 Å². The van der Waals surface area contributed by atoms with Crippen molar-refractivity contribution in [3.05, 3.63) is 47.2 Å². The minimum absolute atomic E-state index is 0.511. The first-order valence-electron chi connectivity index (χ1n) is 7.59. The van der Waals surface area contributed by atoms with Gasteiger partial charge in [0.25, 0.3) is 0 Å². The van der Waals surface area contributed by atoms with Gasteiger partial charge in [0.1, 0.15) is 18.1 Å². The highest BCUT2D eigenvalue weighted by Crippen LogP contribution is 2.20. The molecule has 21 heavy (non-hydrogen) atoms. The molecule has 0 bridgehead atoms. The minimum atomic E-state index is 0.511. The van der Waals surface area contributed by atoms with Crippen molar-refractivity contribution >= 4 is 0 Å². The zero-order valence-electron chi connectivity index (χ0n) is 13.1. The molecule has 0 fully saturated rings. The minimum Gasteiger partial charge on any atom is -0.487 e. The molecule has 0 spiro atoms. The molecule has 0 amide bonds. The Hall–Kier alpha value is -1.81. The standard InChI is InChI=1S/C17H24N2O2/c1-4-9-18-11-17-14(8-10-20-17)12-21-16-7-6-13(3)19-15(16)5-2/h6-8,10,18H,4-5,9,11-12H2,1-3H3. The van der Waals surface area contributed by atoms with Gasteiger partial charge in [0, 0.05) is 11.3 Å². The largest absolute Gasteiger partial charge is 0.487 e. The van der Waals surface area contributed by atoms with Gasteiger partial charge < -0.3 is 14.5 Å². The van der Waals surface area contributed by atoms with E-state index in [4.69, 9.17) is 9.15 Å². The monoisotopic (exact) mass is 288 g/mol. The molecule has 114 valence electrons. The summed E-state index contributed by atoms with van der Waals surface area (Å²) in [4.78, 5) is 4.51. The molecule has 0 radical (unpaired) electrons. The first kappa shape index (κ1) is 15.6. The van der Waals surface area contributed by atoms with Crippen LogP contribution in [0.1, 0.15) is 43.0 Å². The lowest BCUT2D eigenvalue weighted by molar-refractivity contribution is 0.296. The van der Waals surface area contributed by atoms with Crippen LogP contribution >= 0.6 is 0 Å². The SMILES string of the molecule is CCCNCc1occc1COc1ccc(C)nc1CC. The van der Waals surface area contributed by atoms with Crippen LogP contribution in [0.2, 0.25) is 0 Å². The number of hydrogen-bond acceptors (Lipinski definition) is 4. The molecule has 0 unspecified atom stereocenters. The molecule has 2 heterocycles. The van der Waals surface area contributed by atoms with Crippen molar-refractivity contribution in [2.24, 2.45) is 0 Å². The van der Waals surface area contributed by atoms with E-state index in [1.54, 1.807) is 6.26 Å². The van der Waals surface area contributed by atoms with Crippen LogP contribution in [0.4, 0.5) is 0 Å². The van der Waals surface area contributed by atoms with Crippen LogP contribution < -0.4 is 10.1 Å². The molecule has 0 saturated carbocycles. The molecule has 0 aromatic carbocycles. The molecule has 2 rings (SSSR count). The molecule has 0 aliphatic rings. The summed E-state index contributed by atoms with van der Waals surface area (Å²) in [6.45, 7) is 8.48. The van der Waals surface area contributed by atoms with E-state index in [1.807, 2.05) is 25.1 Å². The summed E-state index contributed by atoms with van der Waals surface area (Å²) in [5.41, 5.74) is 3.11. The van der Waals surface area contributed by atoms with Crippen LogP contribution in [0.15, 0.2) is 28.9 Å². The summed E-state index contributed by atoms with van der Waals surface area (Å²) in [5.74, 6) is 1.80. The van der Waals surface area contributed by atoms with Crippen molar-refractivity contribution in [1.29, 1.82) is 0 Å². The molecular weight excluding hydrogens is 264 g/mol. The zero-order valence-corrected chi connectivity index (χ0v) is 13.1. The van der Waals surface area contributed by atoms with Gasteiger partial charge in [0.05, 0.1) is 18.5 Å². The van der Waals surface area contributed by atoms with Gasteiger partial charge in [-0.3, -0.25) is 4.98 Å². The maximum Gasteiger partial charge on any atom is 0.141 e. The van der Waals surface area contributed by atoms with E-state index in [0.717, 1.165) is 54.4 Å². The fourth-order valence-corrected chi connectivity index (χ4v) is 2.17. The fourth-order valence-electron chi connectivity index (χ4n) is 2.17. The van der Waals surface area contributed by atoms with Crippen molar-refractivity contribution in [3.8, 4) is 5.75 Å². The van der Waals surface area contributed by atoms with E-state index in [2.05, 4.69) is 24.1 Å². The summed E-state index contributed by atoms with van der Waals surface area (Å²) >= 11 is 0. The number of aromatic nitrogens is 1. The molecule has 1 N–H and O–H groups in total. The summed E-state index contributed by atoms with van der Waals surface area (Å²) in [5, 5.41) is 3.34. The Bertz CT molecular complexity index is 564. The highest BCUT2D eigenvalue weighted by molar-refractivity contribution is 5.30. The number of aryl methyl sites for hydroxylation is 2. The van der Waals surface area contributed by atoms with E-state index < -0.39 is 0 Å². The van der Waals surface area contributed by atoms with Gasteiger partial charge in [-0.15, -0.1) is 0 Å². The van der Waals surface area contributed by atoms with Crippen molar-refractivity contribution < 1.29 is 9.15 Å². The van der Waals surface area contributed by atoms with Gasteiger partial charge in [-0.1, -0.05) is 13.8 Å². The second kappa shape index (κ2) is 7.84. The molecule has 0 saturated heterocycles. The van der Waals surface area contributed by atoms with Gasteiger partial charge in [-0.25, -0.2) is 0 Å². The summed E-state index contributed by atoms with van der Waals surface area (Å²) in [6.07, 6.45) is 3.70. The third-order valence-corrected chi connectivity index (χ3v) is 3.34. The molecular formula is C17H24N2O2. The van der Waals surface area contributed by atoms with Gasteiger partial charge in [-0.2, -0.15) is 0 Å². The molecule has 4 heteroatoms. The van der Waals surface area contributed by atoms with Crippen LogP contribution in [0.5, 0.6) is 5.75 Å². The van der Waals surface area contributed by atoms with Crippen LogP contribution in [0.25, 0.3) is 0 Å². The Morgan fingerprint density at radius 2 is 2.10 bits per heavy atom. The summed E-state index contributed by atoms with van der Waals surface area (Å²) in [6, 6.07) is 5.94. The molecule has 0 aliphatic heterocycles. The second-order valence-electron chi connectivity index (χ2n) is 5.09. The van der Waals surface area contributed by atoms with Crippen LogP contribution in [-0.2, 0) is 19.6 Å². The summed E-state index contributed by atoms with van der Waals surface area (Å²) < 4.78 is 11.4. The van der Waals surface area contributed by atoms with Crippen LogP contribution in [0, 0.1) is 6.92 Å². The Morgan fingerprint density at radius 3 is 2.86 bits per heavy atom. The van der Waals surface area contributed by atoms with E-state index in [-0.39, 0.29) is 0 Å². The molecule has 0 atom stereocenters. The number of rotatable bonds is 8. The predicted molar refractivity (Wildman–Crippen MR) is 83.4 cm³/mol. The molecule has 4 nitrogen and oxygen atoms in total. The van der Waals surface area contributed by atoms with Gasteiger partial charge in [-0.05, 0) is 44.5 Å². The Balaban J connectivity index is 1.98. The van der Waals surface area contributed by atoms with Crippen molar-refractivity contribution in [2.75, 3.05) is 6.54 Å². The predicted octanol–water partition coefficient (Wildman–Crippen LogP) is 3.62. The van der Waals surface area contributed by atoms with E-state index >= 15 is 0 Å². The Morgan fingerprint density at radius 1 is 1.24 bits per heavy atom. The van der Waals surface area contributed by atoms with E-state index in [0.29, 0.717) is 6.61 Å². The smallest absolute Gasteiger partial charge is 0.141 e. The average molecular weight is 288 g/mol. The number of nitrogens with zero attached hydrogens (tertiary/aromatic N) is 1. The second-order valence-corrected chi connectivity index (χ2v) is 5.09. The van der Waals surface area contributed by atoms with Crippen LogP contribution in [0.3, 0.4) is 0 Å². The molecule has 0 aliphatic carbocycles. The fraction of sp³-hybridized carbons (Fsp3) is 0.471. The number of furan rings is 1. The first-order valence-corrected chi connectivity index (χ1v) is 7.59. The van der Waals surface area contributed by atoms with Gasteiger partial charge in [0.15, 0.2) is 0 Å². The number of nitrogens with one attached hydrogen (secondary N) is 1. The molecule has 2 aromatic heterocycles. The summed E-state index contributed by atoms with van der Waals surface area (Å²) in [7, 11) is 0. The van der Waals surface area contributed by atoms with Crippen molar-refractivity contribution in [1.82, 2.24) is 10.3 Å². The number of hydrogen-bond donors (Lipinski definition) is 1. The highest BCUT2D eigenvalue weighted by Gasteiger charge is 2.09. The lowest BCUT2D eigenvalue weighted by atomic mass is 10.2. The first-order chi connectivity index (χ1) is 10.2. The van der Waals surface area contributed by atoms with Gasteiger partial charge in [0.2, 0.25) is 0 Å². The zero-order chi connectivity index (χ0) is 15.1. The average Bonchev–Trinajstić information content (AvgIpc) is 2.93.